The summed E-state index contributed by atoms with van der Waals surface area (Å²) in [6, 6.07) is 7.11. The number of pyridine rings is 1. The first-order valence-electron chi connectivity index (χ1n) is 16.2. The normalized spacial score (nSPS) is 23.8. The highest BCUT2D eigenvalue weighted by molar-refractivity contribution is 5.99. The molecule has 4 aliphatic heterocycles. The van der Waals surface area contributed by atoms with E-state index in [2.05, 4.69) is 14.9 Å². The summed E-state index contributed by atoms with van der Waals surface area (Å²) in [6.45, 7) is 4.84. The predicted molar refractivity (Wildman–Crippen MR) is 171 cm³/mol. The molecule has 2 aromatic heterocycles. The van der Waals surface area contributed by atoms with Crippen molar-refractivity contribution in [1.29, 1.82) is 0 Å². The molecule has 250 valence electrons. The third kappa shape index (κ3) is 4.89. The van der Waals surface area contributed by atoms with Crippen LogP contribution in [0.1, 0.15) is 26.2 Å². The fraction of sp³-hybridized carbons (Fsp3) is 0.429. The number of fused-ring (bicyclic) bond motifs is 3. The molecule has 0 radical (unpaired) electrons. The van der Waals surface area contributed by atoms with Crippen LogP contribution >= 0.6 is 0 Å². The molecule has 4 aliphatic rings. The quantitative estimate of drug-likeness (QED) is 0.206. The monoisotopic (exact) mass is 662 g/mol. The molecule has 2 atom stereocenters. The van der Waals surface area contributed by atoms with Crippen molar-refractivity contribution in [3.63, 3.8) is 0 Å². The summed E-state index contributed by atoms with van der Waals surface area (Å²) in [6.07, 6.45) is 5.74. The van der Waals surface area contributed by atoms with Crippen LogP contribution in [-0.4, -0.2) is 100 Å². The number of halogens is 4. The second-order valence-corrected chi connectivity index (χ2v) is 13.3. The number of rotatable bonds is 6. The maximum Gasteiger partial charge on any atom is 0.319 e. The van der Waals surface area contributed by atoms with Crippen LogP contribution in [0, 0.1) is 17.5 Å². The summed E-state index contributed by atoms with van der Waals surface area (Å²) in [5, 5.41) is 0.594. The molecule has 48 heavy (non-hydrogen) atoms. The Balaban J connectivity index is 1.24. The number of amides is 1. The Labute approximate surface area is 274 Å². The lowest BCUT2D eigenvalue weighted by atomic mass is 9.91. The van der Waals surface area contributed by atoms with Gasteiger partial charge in [0, 0.05) is 49.7 Å². The molecular weight excluding hydrogens is 628 g/mol. The minimum absolute atomic E-state index is 0.0774. The van der Waals surface area contributed by atoms with Gasteiger partial charge >= 0.3 is 6.01 Å². The van der Waals surface area contributed by atoms with Crippen LogP contribution < -0.4 is 9.64 Å². The Hall–Kier alpha value is -4.36. The van der Waals surface area contributed by atoms with E-state index in [0.717, 1.165) is 25.5 Å². The van der Waals surface area contributed by atoms with Gasteiger partial charge in [-0.25, -0.2) is 17.6 Å². The van der Waals surface area contributed by atoms with E-state index < -0.39 is 34.7 Å². The van der Waals surface area contributed by atoms with Gasteiger partial charge in [0.05, 0.1) is 24.1 Å². The molecule has 4 saturated heterocycles. The Morgan fingerprint density at radius 2 is 1.96 bits per heavy atom. The highest BCUT2D eigenvalue weighted by Crippen LogP contribution is 2.42. The topological polar surface area (TPSA) is 83.9 Å². The highest BCUT2D eigenvalue weighted by atomic mass is 19.2. The van der Waals surface area contributed by atoms with E-state index in [1.165, 1.54) is 24.4 Å². The lowest BCUT2D eigenvalue weighted by molar-refractivity contribution is -0.164. The number of ether oxygens (including phenoxy) is 2. The van der Waals surface area contributed by atoms with E-state index in [1.807, 2.05) is 4.90 Å². The van der Waals surface area contributed by atoms with Gasteiger partial charge in [0.2, 0.25) is 5.91 Å². The SMILES string of the molecule is CC=CC(=O)N1CCN(c2nc(OC[C@@]34CCCN3C[C@H](F)C4)nc3c(F)c(-c4cccc5ccc(F)c(F)c45)ncc23)CC12COC2. The second kappa shape index (κ2) is 11.7. The molecule has 13 heteroatoms. The van der Waals surface area contributed by atoms with Crippen molar-refractivity contribution in [2.45, 2.75) is 43.4 Å². The number of carbonyl (C=O) groups excluding carboxylic acids is 1. The lowest BCUT2D eigenvalue weighted by Gasteiger charge is -2.55. The minimum Gasteiger partial charge on any atom is -0.461 e. The molecule has 0 N–H and O–H groups in total. The average molecular weight is 663 g/mol. The van der Waals surface area contributed by atoms with Gasteiger partial charge in [-0.3, -0.25) is 14.7 Å². The van der Waals surface area contributed by atoms with Gasteiger partial charge in [-0.2, -0.15) is 9.97 Å². The molecule has 2 aromatic carbocycles. The van der Waals surface area contributed by atoms with Crippen molar-refractivity contribution in [3.8, 4) is 17.3 Å². The van der Waals surface area contributed by atoms with Crippen molar-refractivity contribution in [3.05, 3.63) is 66.1 Å². The molecule has 1 spiro atoms. The first-order chi connectivity index (χ1) is 23.2. The number of alkyl halides is 1. The van der Waals surface area contributed by atoms with Crippen LogP contribution in [0.4, 0.5) is 23.4 Å². The molecule has 0 saturated carbocycles. The molecule has 0 aliphatic carbocycles. The zero-order chi connectivity index (χ0) is 33.2. The molecule has 4 fully saturated rings. The number of carbonyl (C=O) groups is 1. The molecule has 1 amide bonds. The summed E-state index contributed by atoms with van der Waals surface area (Å²) >= 11 is 0. The first kappa shape index (κ1) is 30.9. The zero-order valence-corrected chi connectivity index (χ0v) is 26.4. The van der Waals surface area contributed by atoms with Gasteiger partial charge in [-0.1, -0.05) is 30.3 Å². The average Bonchev–Trinajstić information content (AvgIpc) is 3.60. The van der Waals surface area contributed by atoms with E-state index >= 15 is 8.78 Å². The fourth-order valence-electron chi connectivity index (χ4n) is 7.99. The van der Waals surface area contributed by atoms with Gasteiger partial charge in [-0.05, 0) is 43.8 Å². The summed E-state index contributed by atoms with van der Waals surface area (Å²) in [5.41, 5.74) is -1.32. The maximum absolute atomic E-state index is 16.7. The molecule has 9 nitrogen and oxygen atoms in total. The van der Waals surface area contributed by atoms with E-state index in [9.17, 15) is 13.6 Å². The van der Waals surface area contributed by atoms with Crippen LogP contribution in [0.5, 0.6) is 6.01 Å². The van der Waals surface area contributed by atoms with E-state index in [4.69, 9.17) is 14.5 Å². The smallest absolute Gasteiger partial charge is 0.319 e. The third-order valence-corrected chi connectivity index (χ3v) is 10.3. The summed E-state index contributed by atoms with van der Waals surface area (Å²) < 4.78 is 72.6. The number of allylic oxidation sites excluding steroid dienone is 1. The molecule has 0 unspecified atom stereocenters. The van der Waals surface area contributed by atoms with Gasteiger partial charge in [-0.15, -0.1) is 0 Å². The molecule has 0 bridgehead atoms. The van der Waals surface area contributed by atoms with E-state index in [0.29, 0.717) is 62.4 Å². The Morgan fingerprint density at radius 3 is 2.75 bits per heavy atom. The van der Waals surface area contributed by atoms with Crippen LogP contribution in [0.25, 0.3) is 32.9 Å². The summed E-state index contributed by atoms with van der Waals surface area (Å²) in [4.78, 5) is 32.6. The number of aromatic nitrogens is 3. The van der Waals surface area contributed by atoms with Crippen LogP contribution in [0.2, 0.25) is 0 Å². The van der Waals surface area contributed by atoms with Crippen LogP contribution in [0.3, 0.4) is 0 Å². The standard InChI is InChI=1S/C35H34F4N6O3/c1-2-5-26(46)45-13-12-43(17-35(45)18-47-19-35)32-24-15-40-30(23-7-3-6-21-8-9-25(37)28(38)27(21)23)29(39)31(24)41-33(42-32)48-20-34-10-4-11-44(34)16-22(36)14-34/h2-3,5-9,15,22H,4,10-14,16-20H2,1H3/t22-,34+/m1/s1. The van der Waals surface area contributed by atoms with Crippen LogP contribution in [0.15, 0.2) is 48.7 Å². The van der Waals surface area contributed by atoms with Crippen molar-refractivity contribution in [1.82, 2.24) is 24.8 Å². The zero-order valence-electron chi connectivity index (χ0n) is 26.4. The third-order valence-electron chi connectivity index (χ3n) is 10.3. The number of piperazine rings is 1. The number of anilines is 1. The number of hydrogen-bond donors (Lipinski definition) is 0. The highest BCUT2D eigenvalue weighted by Gasteiger charge is 2.51. The Kier molecular flexibility index (Phi) is 7.51. The Bertz CT molecular complexity index is 1970. The van der Waals surface area contributed by atoms with Gasteiger partial charge in [0.25, 0.3) is 0 Å². The van der Waals surface area contributed by atoms with Crippen molar-refractivity contribution < 1.29 is 31.8 Å². The number of benzene rings is 2. The van der Waals surface area contributed by atoms with E-state index in [-0.39, 0.29) is 40.7 Å². The van der Waals surface area contributed by atoms with Gasteiger partial charge in [0.15, 0.2) is 17.5 Å². The molecule has 4 aromatic rings. The van der Waals surface area contributed by atoms with E-state index in [1.54, 1.807) is 30.0 Å². The molecule has 6 heterocycles. The van der Waals surface area contributed by atoms with Gasteiger partial charge < -0.3 is 19.3 Å². The van der Waals surface area contributed by atoms with Crippen molar-refractivity contribution in [2.75, 3.05) is 57.4 Å². The largest absolute Gasteiger partial charge is 0.461 e. The number of nitrogens with zero attached hydrogens (tertiary/aromatic N) is 6. The predicted octanol–water partition coefficient (Wildman–Crippen LogP) is 5.21. The second-order valence-electron chi connectivity index (χ2n) is 13.3. The Morgan fingerprint density at radius 1 is 1.10 bits per heavy atom. The first-order valence-corrected chi connectivity index (χ1v) is 16.2. The minimum atomic E-state index is -1.10. The summed E-state index contributed by atoms with van der Waals surface area (Å²) in [5.74, 6) is -2.75. The number of hydrogen-bond acceptors (Lipinski definition) is 8. The van der Waals surface area contributed by atoms with Gasteiger partial charge in [0.1, 0.15) is 35.3 Å². The molecule has 8 rings (SSSR count). The van der Waals surface area contributed by atoms with Crippen molar-refractivity contribution in [2.24, 2.45) is 0 Å². The van der Waals surface area contributed by atoms with Crippen LogP contribution in [-0.2, 0) is 9.53 Å². The maximum atomic E-state index is 16.7. The lowest BCUT2D eigenvalue weighted by Crippen LogP contribution is -2.72. The molecular formula is C35H34F4N6O3. The van der Waals surface area contributed by atoms with Crippen molar-refractivity contribution >= 4 is 33.4 Å². The summed E-state index contributed by atoms with van der Waals surface area (Å²) in [7, 11) is 0. The fourth-order valence-corrected chi connectivity index (χ4v) is 7.99.